The van der Waals surface area contributed by atoms with Gasteiger partial charge in [-0.05, 0) is 26.0 Å². The number of rotatable bonds is 5. The predicted octanol–water partition coefficient (Wildman–Crippen LogP) is 5.44. The van der Waals surface area contributed by atoms with Crippen molar-refractivity contribution in [2.75, 3.05) is 0 Å². The summed E-state index contributed by atoms with van der Waals surface area (Å²) in [7, 11) is 0. The molecule has 2 heterocycles. The maximum atomic E-state index is 12.3. The fourth-order valence-electron chi connectivity index (χ4n) is 2.61. The molecule has 4 aromatic rings. The van der Waals surface area contributed by atoms with Crippen LogP contribution in [0.1, 0.15) is 27.3 Å². The van der Waals surface area contributed by atoms with Crippen LogP contribution in [0.15, 0.2) is 64.6 Å². The molecule has 28 heavy (non-hydrogen) atoms. The van der Waals surface area contributed by atoms with Gasteiger partial charge in [-0.2, -0.15) is 0 Å². The number of nitrogens with zero attached hydrogens (tertiary/aromatic N) is 2. The van der Waals surface area contributed by atoms with Crippen molar-refractivity contribution in [2.24, 2.45) is 0 Å². The minimum Gasteiger partial charge on any atom is -0.454 e. The zero-order chi connectivity index (χ0) is 19.5. The van der Waals surface area contributed by atoms with E-state index in [1.165, 1.54) is 23.2 Å². The molecule has 0 bridgehead atoms. The van der Waals surface area contributed by atoms with Crippen LogP contribution >= 0.6 is 11.3 Å². The van der Waals surface area contributed by atoms with Gasteiger partial charge in [0.2, 0.25) is 5.89 Å². The molecule has 5 nitrogen and oxygen atoms in total. The van der Waals surface area contributed by atoms with Crippen molar-refractivity contribution in [3.8, 4) is 22.0 Å². The van der Waals surface area contributed by atoms with E-state index in [0.29, 0.717) is 17.3 Å². The number of hydrogen-bond donors (Lipinski definition) is 0. The Balaban J connectivity index is 1.40. The SMILES string of the molecule is Cc1ccc(-c2nc(COC(=O)c3csc(-c4ccc(C)cc4)n3)co2)cc1. The van der Waals surface area contributed by atoms with E-state index in [9.17, 15) is 4.79 Å². The fraction of sp³-hybridized carbons (Fsp3) is 0.136. The Bertz CT molecular complexity index is 1100. The molecule has 0 unspecified atom stereocenters. The molecule has 0 saturated heterocycles. The number of benzene rings is 2. The van der Waals surface area contributed by atoms with Gasteiger partial charge in [0.25, 0.3) is 0 Å². The van der Waals surface area contributed by atoms with E-state index in [2.05, 4.69) is 9.97 Å². The van der Waals surface area contributed by atoms with Crippen molar-refractivity contribution in [1.82, 2.24) is 9.97 Å². The first-order valence-electron chi connectivity index (χ1n) is 8.79. The first-order chi connectivity index (χ1) is 13.6. The molecule has 6 heteroatoms. The van der Waals surface area contributed by atoms with Crippen LogP contribution in [0.2, 0.25) is 0 Å². The van der Waals surface area contributed by atoms with E-state index in [-0.39, 0.29) is 6.61 Å². The number of hydrogen-bond acceptors (Lipinski definition) is 6. The van der Waals surface area contributed by atoms with Gasteiger partial charge in [-0.15, -0.1) is 11.3 Å². The van der Waals surface area contributed by atoms with Crippen molar-refractivity contribution in [1.29, 1.82) is 0 Å². The normalized spacial score (nSPS) is 10.8. The van der Waals surface area contributed by atoms with E-state index >= 15 is 0 Å². The van der Waals surface area contributed by atoms with Crippen LogP contribution in [0.5, 0.6) is 0 Å². The summed E-state index contributed by atoms with van der Waals surface area (Å²) >= 11 is 1.41. The van der Waals surface area contributed by atoms with E-state index < -0.39 is 5.97 Å². The molecule has 0 N–H and O–H groups in total. The first kappa shape index (κ1) is 18.1. The first-order valence-corrected chi connectivity index (χ1v) is 9.67. The van der Waals surface area contributed by atoms with E-state index in [0.717, 1.165) is 21.7 Å². The molecule has 0 atom stereocenters. The Hall–Kier alpha value is -3.25. The highest BCUT2D eigenvalue weighted by Crippen LogP contribution is 2.25. The molecule has 4 rings (SSSR count). The summed E-state index contributed by atoms with van der Waals surface area (Å²) in [4.78, 5) is 21.1. The zero-order valence-electron chi connectivity index (χ0n) is 15.5. The topological polar surface area (TPSA) is 65.2 Å². The van der Waals surface area contributed by atoms with Gasteiger partial charge in [0.05, 0.1) is 0 Å². The molecule has 2 aromatic heterocycles. The molecule has 140 valence electrons. The monoisotopic (exact) mass is 390 g/mol. The van der Waals surface area contributed by atoms with E-state index in [1.54, 1.807) is 5.38 Å². The molecular weight excluding hydrogens is 372 g/mol. The summed E-state index contributed by atoms with van der Waals surface area (Å²) in [5.74, 6) is 0.0239. The minimum atomic E-state index is -0.477. The summed E-state index contributed by atoms with van der Waals surface area (Å²) in [6, 6.07) is 15.9. The maximum absolute atomic E-state index is 12.3. The smallest absolute Gasteiger partial charge is 0.358 e. The van der Waals surface area contributed by atoms with Crippen LogP contribution in [0.3, 0.4) is 0 Å². The number of carbonyl (C=O) groups is 1. The second kappa shape index (κ2) is 7.78. The van der Waals surface area contributed by atoms with Gasteiger partial charge in [0.15, 0.2) is 5.69 Å². The van der Waals surface area contributed by atoms with E-state index in [4.69, 9.17) is 9.15 Å². The summed E-state index contributed by atoms with van der Waals surface area (Å²) in [5, 5.41) is 2.49. The Kier molecular flexibility index (Phi) is 5.04. The van der Waals surface area contributed by atoms with Gasteiger partial charge in [0.1, 0.15) is 23.6 Å². The Morgan fingerprint density at radius 1 is 0.964 bits per heavy atom. The number of oxazole rings is 1. The minimum absolute atomic E-state index is 0.0333. The fourth-order valence-corrected chi connectivity index (χ4v) is 3.41. The van der Waals surface area contributed by atoms with Crippen LogP contribution in [0.4, 0.5) is 0 Å². The Labute approximate surface area is 166 Å². The van der Waals surface area contributed by atoms with E-state index in [1.807, 2.05) is 62.4 Å². The number of aromatic nitrogens is 2. The summed E-state index contributed by atoms with van der Waals surface area (Å²) in [5.41, 5.74) is 5.05. The van der Waals surface area contributed by atoms with Gasteiger partial charge in [-0.25, -0.2) is 14.8 Å². The van der Waals surface area contributed by atoms with Gasteiger partial charge in [-0.3, -0.25) is 0 Å². The number of ether oxygens (including phenoxy) is 1. The summed E-state index contributed by atoms with van der Waals surface area (Å²) in [6.07, 6.45) is 1.50. The number of carbonyl (C=O) groups excluding carboxylic acids is 1. The predicted molar refractivity (Wildman–Crippen MR) is 108 cm³/mol. The highest BCUT2D eigenvalue weighted by molar-refractivity contribution is 7.13. The number of esters is 1. The summed E-state index contributed by atoms with van der Waals surface area (Å²) in [6.45, 7) is 4.08. The standard InChI is InChI=1S/C22H18N2O3S/c1-14-3-7-16(8-4-14)20-23-18(11-26-20)12-27-22(25)19-13-28-21(24-19)17-9-5-15(2)6-10-17/h3-11,13H,12H2,1-2H3. The lowest BCUT2D eigenvalue weighted by Crippen LogP contribution is -2.05. The average molecular weight is 390 g/mol. The van der Waals surface area contributed by atoms with Gasteiger partial charge >= 0.3 is 5.97 Å². The zero-order valence-corrected chi connectivity index (χ0v) is 16.3. The molecule has 2 aromatic carbocycles. The lowest BCUT2D eigenvalue weighted by Gasteiger charge is -2.00. The molecule has 0 fully saturated rings. The highest BCUT2D eigenvalue weighted by atomic mass is 32.1. The second-order valence-electron chi connectivity index (χ2n) is 6.49. The third kappa shape index (κ3) is 4.02. The molecule has 0 spiro atoms. The third-order valence-electron chi connectivity index (χ3n) is 4.21. The van der Waals surface area contributed by atoms with Crippen molar-refractivity contribution in [2.45, 2.75) is 20.5 Å². The van der Waals surface area contributed by atoms with Gasteiger partial charge in [0, 0.05) is 16.5 Å². The average Bonchev–Trinajstić information content (AvgIpc) is 3.37. The van der Waals surface area contributed by atoms with Crippen LogP contribution < -0.4 is 0 Å². The lowest BCUT2D eigenvalue weighted by atomic mass is 10.1. The molecular formula is C22H18N2O3S. The molecule has 0 aliphatic heterocycles. The van der Waals surface area contributed by atoms with Crippen molar-refractivity contribution >= 4 is 17.3 Å². The Morgan fingerprint density at radius 3 is 2.29 bits per heavy atom. The van der Waals surface area contributed by atoms with Crippen molar-refractivity contribution in [3.63, 3.8) is 0 Å². The summed E-state index contributed by atoms with van der Waals surface area (Å²) < 4.78 is 10.8. The van der Waals surface area contributed by atoms with Crippen molar-refractivity contribution in [3.05, 3.63) is 82.7 Å². The molecule has 0 aliphatic rings. The molecule has 0 amide bonds. The lowest BCUT2D eigenvalue weighted by molar-refractivity contribution is 0.0462. The third-order valence-corrected chi connectivity index (χ3v) is 5.10. The maximum Gasteiger partial charge on any atom is 0.358 e. The number of aryl methyl sites for hydroxylation is 2. The molecule has 0 saturated carbocycles. The van der Waals surface area contributed by atoms with Crippen LogP contribution in [-0.4, -0.2) is 15.9 Å². The van der Waals surface area contributed by atoms with Gasteiger partial charge < -0.3 is 9.15 Å². The van der Waals surface area contributed by atoms with Crippen LogP contribution in [0, 0.1) is 13.8 Å². The largest absolute Gasteiger partial charge is 0.454 e. The van der Waals surface area contributed by atoms with Gasteiger partial charge in [-0.1, -0.05) is 47.5 Å². The quantitative estimate of drug-likeness (QED) is 0.425. The number of thiazole rings is 1. The molecule has 0 aliphatic carbocycles. The second-order valence-corrected chi connectivity index (χ2v) is 7.35. The van der Waals surface area contributed by atoms with Crippen molar-refractivity contribution < 1.29 is 13.9 Å². The highest BCUT2D eigenvalue weighted by Gasteiger charge is 2.15. The Morgan fingerprint density at radius 2 is 1.61 bits per heavy atom. The van der Waals surface area contributed by atoms with Crippen LogP contribution in [0.25, 0.3) is 22.0 Å². The van der Waals surface area contributed by atoms with Crippen LogP contribution in [-0.2, 0) is 11.3 Å². The molecule has 0 radical (unpaired) electrons.